The lowest BCUT2D eigenvalue weighted by molar-refractivity contribution is -0.192. The molecule has 2 rings (SSSR count). The number of nitrogens with zero attached hydrogens (tertiary/aromatic N) is 1. The van der Waals surface area contributed by atoms with Gasteiger partial charge in [0.15, 0.2) is 5.96 Å². The van der Waals surface area contributed by atoms with Gasteiger partial charge in [-0.15, -0.1) is 0 Å². The second-order valence-corrected chi connectivity index (χ2v) is 8.55. The summed E-state index contributed by atoms with van der Waals surface area (Å²) in [6.07, 6.45) is -1.91. The fourth-order valence-electron chi connectivity index (χ4n) is 3.41. The Morgan fingerprint density at radius 2 is 1.64 bits per heavy atom. The fourth-order valence-corrected chi connectivity index (χ4v) is 3.41. The highest BCUT2D eigenvalue weighted by atomic mass is 19.4. The van der Waals surface area contributed by atoms with Crippen LogP contribution >= 0.6 is 0 Å². The highest BCUT2D eigenvalue weighted by Gasteiger charge is 2.38. The number of guanidine groups is 1. The SMILES string of the molecule is NC(N)=NCCCC1NC(=O)CCCCCNC(=O)C(Cc2ccccc2)NC(=O)C1=O.O=C(O)C(F)(F)F. The average Bonchev–Trinajstić information content (AvgIpc) is 2.86. The van der Waals surface area contributed by atoms with E-state index in [9.17, 15) is 32.3 Å². The van der Waals surface area contributed by atoms with Crippen molar-refractivity contribution in [3.8, 4) is 0 Å². The summed E-state index contributed by atoms with van der Waals surface area (Å²) in [5.74, 6) is -5.18. The molecule has 15 heteroatoms. The minimum absolute atomic E-state index is 0.0705. The summed E-state index contributed by atoms with van der Waals surface area (Å²) >= 11 is 0. The molecule has 1 aliphatic heterocycles. The summed E-state index contributed by atoms with van der Waals surface area (Å²) in [5.41, 5.74) is 11.5. The van der Waals surface area contributed by atoms with Crippen LogP contribution in [0.15, 0.2) is 35.3 Å². The number of carboxylic acids is 1. The molecule has 2 atom stereocenters. The summed E-state index contributed by atoms with van der Waals surface area (Å²) in [6, 6.07) is 7.30. The van der Waals surface area contributed by atoms with E-state index in [-0.39, 0.29) is 43.6 Å². The van der Waals surface area contributed by atoms with E-state index in [0.717, 1.165) is 12.0 Å². The van der Waals surface area contributed by atoms with Crippen LogP contribution < -0.4 is 27.4 Å². The monoisotopic (exact) mass is 558 g/mol. The number of Topliss-reactive ketones (excluding diaryl/α,β-unsaturated/α-hetero) is 1. The Labute approximate surface area is 222 Å². The average molecular weight is 559 g/mol. The molecule has 8 N–H and O–H groups in total. The van der Waals surface area contributed by atoms with E-state index >= 15 is 0 Å². The number of benzene rings is 1. The Morgan fingerprint density at radius 1 is 1.00 bits per heavy atom. The normalized spacial score (nSPS) is 19.3. The van der Waals surface area contributed by atoms with E-state index in [0.29, 0.717) is 25.8 Å². The van der Waals surface area contributed by atoms with Crippen LogP contribution in [-0.4, -0.2) is 71.9 Å². The molecular weight excluding hydrogens is 525 g/mol. The number of aliphatic carboxylic acids is 1. The van der Waals surface area contributed by atoms with Gasteiger partial charge in [0.1, 0.15) is 6.04 Å². The second kappa shape index (κ2) is 16.6. The van der Waals surface area contributed by atoms with Gasteiger partial charge in [0.2, 0.25) is 17.6 Å². The van der Waals surface area contributed by atoms with Crippen molar-refractivity contribution in [1.29, 1.82) is 0 Å². The lowest BCUT2D eigenvalue weighted by Crippen LogP contribution is -2.54. The number of carbonyl (C=O) groups excluding carboxylic acids is 4. The molecule has 0 aliphatic carbocycles. The Bertz CT molecular complexity index is 1020. The van der Waals surface area contributed by atoms with Crippen molar-refractivity contribution in [2.75, 3.05) is 13.1 Å². The number of amides is 3. The number of hydrogen-bond acceptors (Lipinski definition) is 6. The van der Waals surface area contributed by atoms with Crippen LogP contribution in [0.25, 0.3) is 0 Å². The van der Waals surface area contributed by atoms with Crippen molar-refractivity contribution in [3.63, 3.8) is 0 Å². The predicted octanol–water partition coefficient (Wildman–Crippen LogP) is 0.145. The van der Waals surface area contributed by atoms with Crippen molar-refractivity contribution in [2.45, 2.75) is 63.2 Å². The molecule has 0 spiro atoms. The number of nitrogens with one attached hydrogen (secondary N) is 3. The van der Waals surface area contributed by atoms with Crippen LogP contribution in [-0.2, 0) is 30.4 Å². The van der Waals surface area contributed by atoms with Gasteiger partial charge in [-0.25, -0.2) is 4.79 Å². The number of alkyl halides is 3. The van der Waals surface area contributed by atoms with E-state index in [2.05, 4.69) is 20.9 Å². The van der Waals surface area contributed by atoms with Gasteiger partial charge >= 0.3 is 12.1 Å². The minimum atomic E-state index is -5.08. The first-order valence-electron chi connectivity index (χ1n) is 12.1. The van der Waals surface area contributed by atoms with Gasteiger partial charge in [0.05, 0.1) is 6.04 Å². The molecule has 0 aromatic heterocycles. The molecule has 3 amide bonds. The third-order valence-electron chi connectivity index (χ3n) is 5.35. The van der Waals surface area contributed by atoms with Gasteiger partial charge in [0, 0.05) is 25.9 Å². The van der Waals surface area contributed by atoms with E-state index in [1.807, 2.05) is 30.3 Å². The van der Waals surface area contributed by atoms with Gasteiger partial charge in [-0.05, 0) is 31.2 Å². The van der Waals surface area contributed by atoms with Gasteiger partial charge in [0.25, 0.3) is 5.91 Å². The zero-order valence-electron chi connectivity index (χ0n) is 21.1. The first kappa shape index (κ1) is 32.9. The standard InChI is InChI=1S/C22H32N6O4.C2HF3O2/c23-22(24)26-13-7-10-16-19(30)21(32)28-17(14-15-8-3-1-4-9-15)20(31)25-12-6-2-5-11-18(29)27-16;3-2(4,5)1(6)7/h1,3-4,8-9,16-17H,2,5-7,10-14H2,(H,25,31)(H,27,29)(H,28,32)(H4,23,24,26);(H,6,7). The van der Waals surface area contributed by atoms with E-state index < -0.39 is 35.9 Å². The smallest absolute Gasteiger partial charge is 0.475 e. The number of nitrogens with two attached hydrogens (primary N) is 2. The molecule has 0 saturated carbocycles. The molecule has 0 radical (unpaired) electrons. The number of carbonyl (C=O) groups is 5. The summed E-state index contributed by atoms with van der Waals surface area (Å²) < 4.78 is 31.7. The molecule has 39 heavy (non-hydrogen) atoms. The predicted molar refractivity (Wildman–Crippen MR) is 134 cm³/mol. The van der Waals surface area contributed by atoms with Crippen LogP contribution in [0.3, 0.4) is 0 Å². The zero-order chi connectivity index (χ0) is 29.4. The number of hydrogen-bond donors (Lipinski definition) is 6. The first-order valence-corrected chi connectivity index (χ1v) is 12.1. The van der Waals surface area contributed by atoms with Gasteiger partial charge in [-0.2, -0.15) is 13.2 Å². The highest BCUT2D eigenvalue weighted by molar-refractivity contribution is 6.38. The van der Waals surface area contributed by atoms with E-state index in [1.165, 1.54) is 0 Å². The zero-order valence-corrected chi connectivity index (χ0v) is 21.1. The topological polar surface area (TPSA) is 206 Å². The van der Waals surface area contributed by atoms with Crippen LogP contribution in [0.1, 0.15) is 44.1 Å². The number of halogens is 3. The van der Waals surface area contributed by atoms with Crippen molar-refractivity contribution < 1.29 is 42.3 Å². The lowest BCUT2D eigenvalue weighted by Gasteiger charge is -2.22. The largest absolute Gasteiger partial charge is 0.490 e. The van der Waals surface area contributed by atoms with Crippen molar-refractivity contribution in [3.05, 3.63) is 35.9 Å². The Morgan fingerprint density at radius 3 is 2.23 bits per heavy atom. The second-order valence-electron chi connectivity index (χ2n) is 8.55. The number of carboxylic acid groups (broad SMARTS) is 1. The number of rotatable bonds is 6. The van der Waals surface area contributed by atoms with Gasteiger partial charge in [-0.1, -0.05) is 36.8 Å². The first-order chi connectivity index (χ1) is 18.3. The van der Waals surface area contributed by atoms with E-state index in [1.54, 1.807) is 0 Å². The van der Waals surface area contributed by atoms with Gasteiger partial charge < -0.3 is 32.5 Å². The Hall–Kier alpha value is -4.17. The molecule has 1 aromatic rings. The van der Waals surface area contributed by atoms with Crippen LogP contribution in [0.5, 0.6) is 0 Å². The number of ketones is 1. The van der Waals surface area contributed by atoms with Crippen molar-refractivity contribution in [2.24, 2.45) is 16.5 Å². The summed E-state index contributed by atoms with van der Waals surface area (Å²) in [7, 11) is 0. The lowest BCUT2D eigenvalue weighted by atomic mass is 10.0. The van der Waals surface area contributed by atoms with E-state index in [4.69, 9.17) is 21.4 Å². The van der Waals surface area contributed by atoms with Crippen LogP contribution in [0.2, 0.25) is 0 Å². The summed E-state index contributed by atoms with van der Waals surface area (Å²) in [6.45, 7) is 0.700. The molecule has 1 aliphatic rings. The molecule has 1 aromatic carbocycles. The third kappa shape index (κ3) is 13.8. The molecule has 1 saturated heterocycles. The van der Waals surface area contributed by atoms with Gasteiger partial charge in [-0.3, -0.25) is 24.2 Å². The maximum absolute atomic E-state index is 12.8. The molecule has 0 bridgehead atoms. The summed E-state index contributed by atoms with van der Waals surface area (Å²) in [4.78, 5) is 63.3. The number of aliphatic imine (C=N–C) groups is 1. The van der Waals surface area contributed by atoms with Crippen molar-refractivity contribution >= 4 is 35.4 Å². The quantitative estimate of drug-likeness (QED) is 0.122. The van der Waals surface area contributed by atoms with Crippen molar-refractivity contribution in [1.82, 2.24) is 16.0 Å². The fraction of sp³-hybridized carbons (Fsp3) is 0.500. The molecule has 1 fully saturated rings. The molecule has 2 unspecified atom stereocenters. The minimum Gasteiger partial charge on any atom is -0.475 e. The maximum Gasteiger partial charge on any atom is 0.490 e. The molecule has 1 heterocycles. The third-order valence-corrected chi connectivity index (χ3v) is 5.35. The Kier molecular flexibility index (Phi) is 14.0. The summed E-state index contributed by atoms with van der Waals surface area (Å²) in [5, 5.41) is 15.1. The Balaban J connectivity index is 0.000000956. The van der Waals surface area contributed by atoms with Crippen LogP contribution in [0, 0.1) is 0 Å². The highest BCUT2D eigenvalue weighted by Crippen LogP contribution is 2.13. The molecule has 216 valence electrons. The van der Waals surface area contributed by atoms with Crippen LogP contribution in [0.4, 0.5) is 13.2 Å². The molecule has 12 nitrogen and oxygen atoms in total. The molecular formula is C24H33F3N6O6. The maximum atomic E-state index is 12.8.